The topological polar surface area (TPSA) is 74.2 Å². The van der Waals surface area contributed by atoms with Crippen molar-refractivity contribution in [3.8, 4) is 11.8 Å². The van der Waals surface area contributed by atoms with Crippen LogP contribution in [-0.2, 0) is 12.8 Å². The quantitative estimate of drug-likeness (QED) is 0.776. The maximum Gasteiger partial charge on any atom is 0.261 e. The van der Waals surface area contributed by atoms with Gasteiger partial charge in [-0.2, -0.15) is 5.26 Å². The number of aryl methyl sites for hydroxylation is 1. The van der Waals surface area contributed by atoms with Crippen molar-refractivity contribution in [2.24, 2.45) is 0 Å². The summed E-state index contributed by atoms with van der Waals surface area (Å²) >= 11 is 12.7. The lowest BCUT2D eigenvalue weighted by Crippen LogP contribution is -2.34. The normalized spacial score (nSPS) is 12.2. The largest absolute Gasteiger partial charge is 0.496 e. The molecular weight excluding hydrogens is 378 g/mol. The fraction of sp³-hybridized carbons (Fsp3) is 0.235. The zero-order chi connectivity index (χ0) is 18.0. The molecule has 1 aliphatic carbocycles. The van der Waals surface area contributed by atoms with E-state index in [2.05, 4.69) is 16.7 Å². The number of nitriles is 1. The van der Waals surface area contributed by atoms with Crippen LogP contribution in [0.3, 0.4) is 0 Å². The SMILES string of the molecule is COc1ccc(Cl)cc1C(=O)NC(=S)Nc1sc2c(c1C#N)CCC2. The monoisotopic (exact) mass is 391 g/mol. The van der Waals surface area contributed by atoms with Gasteiger partial charge >= 0.3 is 0 Å². The molecule has 0 fully saturated rings. The maximum absolute atomic E-state index is 12.4. The summed E-state index contributed by atoms with van der Waals surface area (Å²) in [5.41, 5.74) is 2.00. The molecule has 3 rings (SSSR count). The van der Waals surface area contributed by atoms with Gasteiger partial charge in [0.1, 0.15) is 16.8 Å². The Kier molecular flexibility index (Phi) is 5.23. The van der Waals surface area contributed by atoms with E-state index in [1.54, 1.807) is 12.1 Å². The van der Waals surface area contributed by atoms with Crippen LogP contribution in [0.5, 0.6) is 5.75 Å². The zero-order valence-electron chi connectivity index (χ0n) is 13.3. The van der Waals surface area contributed by atoms with Crippen LogP contribution < -0.4 is 15.4 Å². The van der Waals surface area contributed by atoms with Gasteiger partial charge in [-0.25, -0.2) is 0 Å². The Bertz CT molecular complexity index is 902. The number of methoxy groups -OCH3 is 1. The first kappa shape index (κ1) is 17.7. The predicted molar refractivity (Wildman–Crippen MR) is 103 cm³/mol. The van der Waals surface area contributed by atoms with Crippen molar-refractivity contribution >= 4 is 51.2 Å². The highest BCUT2D eigenvalue weighted by Gasteiger charge is 2.23. The number of carbonyl (C=O) groups is 1. The summed E-state index contributed by atoms with van der Waals surface area (Å²) < 4.78 is 5.17. The fourth-order valence-corrected chi connectivity index (χ4v) is 4.45. The lowest BCUT2D eigenvalue weighted by atomic mass is 10.1. The van der Waals surface area contributed by atoms with Gasteiger partial charge < -0.3 is 10.1 Å². The highest BCUT2D eigenvalue weighted by atomic mass is 35.5. The standard InChI is InChI=1S/C17H14ClN3O2S2/c1-23-13-6-5-9(18)7-11(13)15(22)20-17(24)21-16-12(8-19)10-3-2-4-14(10)25-16/h5-7H,2-4H2,1H3,(H2,20,21,22,24). The number of thiocarbonyl (C=S) groups is 1. The summed E-state index contributed by atoms with van der Waals surface area (Å²) in [6.45, 7) is 0. The molecule has 1 amide bonds. The van der Waals surface area contributed by atoms with E-state index in [9.17, 15) is 10.1 Å². The first-order valence-corrected chi connectivity index (χ1v) is 9.14. The van der Waals surface area contributed by atoms with Crippen LogP contribution in [0.25, 0.3) is 0 Å². The van der Waals surface area contributed by atoms with Crippen LogP contribution in [0.2, 0.25) is 5.02 Å². The second kappa shape index (κ2) is 7.40. The second-order valence-electron chi connectivity index (χ2n) is 5.43. The van der Waals surface area contributed by atoms with Crippen molar-refractivity contribution in [3.63, 3.8) is 0 Å². The highest BCUT2D eigenvalue weighted by Crippen LogP contribution is 2.38. The minimum atomic E-state index is -0.431. The third-order valence-electron chi connectivity index (χ3n) is 3.89. The third kappa shape index (κ3) is 3.61. The number of fused-ring (bicyclic) bond motifs is 1. The Hall–Kier alpha value is -2.14. The number of amides is 1. The first-order valence-electron chi connectivity index (χ1n) is 7.54. The number of rotatable bonds is 3. The zero-order valence-corrected chi connectivity index (χ0v) is 15.7. The van der Waals surface area contributed by atoms with Crippen molar-refractivity contribution in [1.82, 2.24) is 5.32 Å². The van der Waals surface area contributed by atoms with Crippen LogP contribution in [0.4, 0.5) is 5.00 Å². The Morgan fingerprint density at radius 3 is 2.96 bits per heavy atom. The minimum absolute atomic E-state index is 0.128. The molecular formula is C17H14ClN3O2S2. The van der Waals surface area contributed by atoms with Crippen molar-refractivity contribution < 1.29 is 9.53 Å². The van der Waals surface area contributed by atoms with Crippen LogP contribution in [-0.4, -0.2) is 18.1 Å². The van der Waals surface area contributed by atoms with E-state index in [0.29, 0.717) is 21.3 Å². The maximum atomic E-state index is 12.4. The number of ether oxygens (including phenoxy) is 1. The number of hydrogen-bond acceptors (Lipinski definition) is 5. The number of halogens is 1. The van der Waals surface area contributed by atoms with Gasteiger partial charge in [0.2, 0.25) is 0 Å². The number of benzene rings is 1. The van der Waals surface area contributed by atoms with E-state index >= 15 is 0 Å². The van der Waals surface area contributed by atoms with E-state index in [1.807, 2.05) is 0 Å². The molecule has 8 heteroatoms. The Morgan fingerprint density at radius 1 is 1.44 bits per heavy atom. The van der Waals surface area contributed by atoms with E-state index in [0.717, 1.165) is 24.8 Å². The van der Waals surface area contributed by atoms with Gasteiger partial charge in [0, 0.05) is 9.90 Å². The number of hydrogen-bond donors (Lipinski definition) is 2. The smallest absolute Gasteiger partial charge is 0.261 e. The van der Waals surface area contributed by atoms with Gasteiger partial charge in [0.05, 0.1) is 18.2 Å². The molecule has 0 saturated carbocycles. The van der Waals surface area contributed by atoms with Crippen molar-refractivity contribution in [2.45, 2.75) is 19.3 Å². The summed E-state index contributed by atoms with van der Waals surface area (Å²) in [6, 6.07) is 7.00. The van der Waals surface area contributed by atoms with E-state index in [4.69, 9.17) is 28.6 Å². The van der Waals surface area contributed by atoms with Gasteiger partial charge in [0.25, 0.3) is 5.91 Å². The molecule has 0 bridgehead atoms. The lowest BCUT2D eigenvalue weighted by Gasteiger charge is -2.11. The van der Waals surface area contributed by atoms with Crippen molar-refractivity contribution in [1.29, 1.82) is 5.26 Å². The van der Waals surface area contributed by atoms with E-state index < -0.39 is 5.91 Å². The summed E-state index contributed by atoms with van der Waals surface area (Å²) in [5.74, 6) is -0.0306. The molecule has 5 nitrogen and oxygen atoms in total. The number of thiophene rings is 1. The predicted octanol–water partition coefficient (Wildman–Crippen LogP) is 3.90. The summed E-state index contributed by atoms with van der Waals surface area (Å²) in [7, 11) is 1.48. The molecule has 1 heterocycles. The van der Waals surface area contributed by atoms with Gasteiger partial charge in [-0.05, 0) is 55.2 Å². The summed E-state index contributed by atoms with van der Waals surface area (Å²) in [5, 5.41) is 16.2. The van der Waals surface area contributed by atoms with Gasteiger partial charge in [-0.3, -0.25) is 10.1 Å². The molecule has 2 N–H and O–H groups in total. The summed E-state index contributed by atoms with van der Waals surface area (Å²) in [4.78, 5) is 13.6. The van der Waals surface area contributed by atoms with Crippen molar-refractivity contribution in [2.75, 3.05) is 12.4 Å². The molecule has 0 saturated heterocycles. The molecule has 0 unspecified atom stereocenters. The van der Waals surface area contributed by atoms with Gasteiger partial charge in [-0.15, -0.1) is 11.3 Å². The fourth-order valence-electron chi connectivity index (χ4n) is 2.77. The van der Waals surface area contributed by atoms with Crippen LogP contribution in [0.1, 0.15) is 32.8 Å². The van der Waals surface area contributed by atoms with Crippen LogP contribution in [0, 0.1) is 11.3 Å². The number of nitrogens with zero attached hydrogens (tertiary/aromatic N) is 1. The average Bonchev–Trinajstić information content (AvgIpc) is 3.15. The summed E-state index contributed by atoms with van der Waals surface area (Å²) in [6.07, 6.45) is 2.97. The van der Waals surface area contributed by atoms with Gasteiger partial charge in [0.15, 0.2) is 5.11 Å². The Balaban J connectivity index is 1.75. The van der Waals surface area contributed by atoms with Crippen molar-refractivity contribution in [3.05, 3.63) is 44.8 Å². The lowest BCUT2D eigenvalue weighted by molar-refractivity contribution is 0.0975. The van der Waals surface area contributed by atoms with E-state index in [-0.39, 0.29) is 10.7 Å². The van der Waals surface area contributed by atoms with Gasteiger partial charge in [-0.1, -0.05) is 11.6 Å². The molecule has 2 aromatic rings. The van der Waals surface area contributed by atoms with Crippen LogP contribution in [0.15, 0.2) is 18.2 Å². The molecule has 1 aromatic carbocycles. The third-order valence-corrected chi connectivity index (χ3v) is 5.54. The second-order valence-corrected chi connectivity index (χ2v) is 7.38. The molecule has 0 atom stereocenters. The Labute approximate surface area is 159 Å². The van der Waals surface area contributed by atoms with Crippen LogP contribution >= 0.6 is 35.2 Å². The molecule has 0 spiro atoms. The first-order chi connectivity index (χ1) is 12.0. The molecule has 1 aromatic heterocycles. The molecule has 25 heavy (non-hydrogen) atoms. The molecule has 0 aliphatic heterocycles. The molecule has 0 radical (unpaired) electrons. The number of nitrogens with one attached hydrogen (secondary N) is 2. The minimum Gasteiger partial charge on any atom is -0.496 e. The highest BCUT2D eigenvalue weighted by molar-refractivity contribution is 7.80. The Morgan fingerprint density at radius 2 is 2.24 bits per heavy atom. The number of carbonyl (C=O) groups excluding carboxylic acids is 1. The molecule has 1 aliphatic rings. The number of anilines is 1. The molecule has 128 valence electrons. The van der Waals surface area contributed by atoms with E-state index in [1.165, 1.54) is 29.4 Å². The average molecular weight is 392 g/mol.